The number of rotatable bonds is 10. The first-order chi connectivity index (χ1) is 13.6. The molecule has 28 heavy (non-hydrogen) atoms. The van der Waals surface area contributed by atoms with E-state index in [1.165, 1.54) is 12.0 Å². The van der Waals surface area contributed by atoms with Gasteiger partial charge in [0, 0.05) is 24.2 Å². The van der Waals surface area contributed by atoms with Gasteiger partial charge in [-0.15, -0.1) is 0 Å². The molecule has 2 heterocycles. The lowest BCUT2D eigenvalue weighted by Crippen LogP contribution is -2.39. The monoisotopic (exact) mass is 402 g/mol. The maximum atomic E-state index is 12.9. The second-order valence-electron chi connectivity index (χ2n) is 7.26. The number of fused-ring (bicyclic) bond motifs is 1. The molecule has 1 aromatic carbocycles. The molecule has 0 spiro atoms. The molecule has 0 bridgehead atoms. The minimum absolute atomic E-state index is 0.0994. The number of carbonyl (C=O) groups is 1. The number of hydrogen-bond donors (Lipinski definition) is 0. The summed E-state index contributed by atoms with van der Waals surface area (Å²) in [6.45, 7) is 3.62. The minimum atomic E-state index is 0.0994. The number of nitrogens with zero attached hydrogens (tertiary/aromatic N) is 2. The van der Waals surface area contributed by atoms with Gasteiger partial charge in [-0.1, -0.05) is 0 Å². The standard InChI is InChI=1S/C22H30N2O3S/c1-23(11-4-6-17-10-15-28-16-17)12-5-13-24-14-9-18-19(22(24)25)7-8-20(26-2)21(18)27-3/h7-8,10,15-16H,4-6,9,11-14H2,1-3H3. The Bertz CT molecular complexity index is 776. The van der Waals surface area contributed by atoms with Gasteiger partial charge in [-0.2, -0.15) is 11.3 Å². The number of hydrogen-bond acceptors (Lipinski definition) is 5. The van der Waals surface area contributed by atoms with E-state index in [0.717, 1.165) is 56.6 Å². The van der Waals surface area contributed by atoms with Crippen LogP contribution in [0.2, 0.25) is 0 Å². The zero-order chi connectivity index (χ0) is 19.9. The fraction of sp³-hybridized carbons (Fsp3) is 0.500. The van der Waals surface area contributed by atoms with Crippen molar-refractivity contribution in [2.24, 2.45) is 0 Å². The van der Waals surface area contributed by atoms with Crippen molar-refractivity contribution in [3.05, 3.63) is 45.6 Å². The third kappa shape index (κ3) is 4.86. The normalized spacial score (nSPS) is 13.7. The molecule has 1 aliphatic rings. The van der Waals surface area contributed by atoms with Gasteiger partial charge in [0.05, 0.1) is 14.2 Å². The van der Waals surface area contributed by atoms with Gasteiger partial charge in [-0.3, -0.25) is 4.79 Å². The van der Waals surface area contributed by atoms with Crippen molar-refractivity contribution in [2.75, 3.05) is 47.4 Å². The SMILES string of the molecule is COc1ccc2c(c1OC)CCN(CCCN(C)CCCc1ccsc1)C2=O. The number of methoxy groups -OCH3 is 2. The highest BCUT2D eigenvalue weighted by Gasteiger charge is 2.28. The first-order valence-corrected chi connectivity index (χ1v) is 10.8. The predicted octanol–water partition coefficient (Wildman–Crippen LogP) is 3.72. The highest BCUT2D eigenvalue weighted by Crippen LogP contribution is 2.36. The number of benzene rings is 1. The lowest BCUT2D eigenvalue weighted by molar-refractivity contribution is 0.0731. The summed E-state index contributed by atoms with van der Waals surface area (Å²) >= 11 is 1.76. The average Bonchev–Trinajstić information content (AvgIpc) is 3.22. The molecule has 0 unspecified atom stereocenters. The molecule has 0 radical (unpaired) electrons. The Morgan fingerprint density at radius 2 is 1.96 bits per heavy atom. The molecule has 5 nitrogen and oxygen atoms in total. The van der Waals surface area contributed by atoms with Gasteiger partial charge in [0.15, 0.2) is 11.5 Å². The van der Waals surface area contributed by atoms with E-state index >= 15 is 0 Å². The fourth-order valence-electron chi connectivity index (χ4n) is 3.80. The predicted molar refractivity (Wildman–Crippen MR) is 114 cm³/mol. The van der Waals surface area contributed by atoms with Gasteiger partial charge >= 0.3 is 0 Å². The van der Waals surface area contributed by atoms with Crippen molar-refractivity contribution in [3.8, 4) is 11.5 Å². The zero-order valence-corrected chi connectivity index (χ0v) is 17.9. The van der Waals surface area contributed by atoms with E-state index in [0.29, 0.717) is 11.5 Å². The Morgan fingerprint density at radius 3 is 2.68 bits per heavy atom. The van der Waals surface area contributed by atoms with Crippen LogP contribution in [-0.4, -0.2) is 63.2 Å². The summed E-state index contributed by atoms with van der Waals surface area (Å²) in [5, 5.41) is 4.36. The molecule has 0 aliphatic carbocycles. The summed E-state index contributed by atoms with van der Waals surface area (Å²) in [5.74, 6) is 1.48. The van der Waals surface area contributed by atoms with E-state index in [2.05, 4.69) is 28.8 Å². The fourth-order valence-corrected chi connectivity index (χ4v) is 4.51. The van der Waals surface area contributed by atoms with E-state index in [-0.39, 0.29) is 5.91 Å². The summed E-state index contributed by atoms with van der Waals surface area (Å²) in [6, 6.07) is 5.89. The molecule has 1 aromatic heterocycles. The van der Waals surface area contributed by atoms with Crippen LogP contribution >= 0.6 is 11.3 Å². The van der Waals surface area contributed by atoms with Gasteiger partial charge in [0.25, 0.3) is 5.91 Å². The molecule has 0 saturated heterocycles. The molecular formula is C22H30N2O3S. The maximum absolute atomic E-state index is 12.9. The molecular weight excluding hydrogens is 372 g/mol. The van der Waals surface area contributed by atoms with Gasteiger partial charge in [-0.05, 0) is 80.3 Å². The van der Waals surface area contributed by atoms with Crippen LogP contribution in [0.3, 0.4) is 0 Å². The number of aryl methyl sites for hydroxylation is 1. The van der Waals surface area contributed by atoms with Crippen LogP contribution in [0.4, 0.5) is 0 Å². The lowest BCUT2D eigenvalue weighted by Gasteiger charge is -2.30. The molecule has 0 atom stereocenters. The van der Waals surface area contributed by atoms with Crippen LogP contribution in [0.25, 0.3) is 0 Å². The van der Waals surface area contributed by atoms with Gasteiger partial charge < -0.3 is 19.3 Å². The second-order valence-corrected chi connectivity index (χ2v) is 8.04. The summed E-state index contributed by atoms with van der Waals surface area (Å²) in [5.41, 5.74) is 3.14. The van der Waals surface area contributed by atoms with E-state index in [1.807, 2.05) is 17.0 Å². The van der Waals surface area contributed by atoms with Gasteiger partial charge in [-0.25, -0.2) is 0 Å². The van der Waals surface area contributed by atoms with E-state index in [4.69, 9.17) is 9.47 Å². The Morgan fingerprint density at radius 1 is 1.14 bits per heavy atom. The highest BCUT2D eigenvalue weighted by atomic mass is 32.1. The van der Waals surface area contributed by atoms with Crippen LogP contribution in [0.15, 0.2) is 29.0 Å². The molecule has 0 saturated carbocycles. The summed E-state index contributed by atoms with van der Waals surface area (Å²) in [4.78, 5) is 17.2. The van der Waals surface area contributed by atoms with Crippen LogP contribution in [0, 0.1) is 0 Å². The summed E-state index contributed by atoms with van der Waals surface area (Å²) in [7, 11) is 5.42. The zero-order valence-electron chi connectivity index (χ0n) is 17.1. The molecule has 1 aliphatic heterocycles. The van der Waals surface area contributed by atoms with Crippen LogP contribution in [0.5, 0.6) is 11.5 Å². The molecule has 2 aromatic rings. The summed E-state index contributed by atoms with van der Waals surface area (Å²) in [6.07, 6.45) is 4.10. The number of ether oxygens (including phenoxy) is 2. The lowest BCUT2D eigenvalue weighted by atomic mass is 9.97. The second kappa shape index (κ2) is 9.94. The largest absolute Gasteiger partial charge is 0.493 e. The quantitative estimate of drug-likeness (QED) is 0.607. The van der Waals surface area contributed by atoms with Gasteiger partial charge in [0.2, 0.25) is 0 Å². The Kier molecular flexibility index (Phi) is 7.34. The number of thiophene rings is 1. The third-order valence-electron chi connectivity index (χ3n) is 5.35. The first-order valence-electron chi connectivity index (χ1n) is 9.86. The average molecular weight is 403 g/mol. The Labute approximate surface area is 171 Å². The van der Waals surface area contributed by atoms with Gasteiger partial charge in [0.1, 0.15) is 0 Å². The molecule has 3 rings (SSSR count). The van der Waals surface area contributed by atoms with Crippen LogP contribution in [0.1, 0.15) is 34.3 Å². The molecule has 6 heteroatoms. The molecule has 152 valence electrons. The van der Waals surface area contributed by atoms with Crippen molar-refractivity contribution < 1.29 is 14.3 Å². The highest BCUT2D eigenvalue weighted by molar-refractivity contribution is 7.07. The van der Waals surface area contributed by atoms with Crippen molar-refractivity contribution in [3.63, 3.8) is 0 Å². The van der Waals surface area contributed by atoms with E-state index in [1.54, 1.807) is 25.6 Å². The van der Waals surface area contributed by atoms with Crippen LogP contribution < -0.4 is 9.47 Å². The Balaban J connectivity index is 1.46. The molecule has 0 N–H and O–H groups in total. The van der Waals surface area contributed by atoms with E-state index < -0.39 is 0 Å². The maximum Gasteiger partial charge on any atom is 0.254 e. The smallest absolute Gasteiger partial charge is 0.254 e. The number of amides is 1. The third-order valence-corrected chi connectivity index (χ3v) is 6.08. The number of carbonyl (C=O) groups excluding carboxylic acids is 1. The van der Waals surface area contributed by atoms with Crippen LogP contribution in [-0.2, 0) is 12.8 Å². The van der Waals surface area contributed by atoms with E-state index in [9.17, 15) is 4.79 Å². The van der Waals surface area contributed by atoms with Crippen molar-refractivity contribution in [1.29, 1.82) is 0 Å². The molecule has 0 fully saturated rings. The minimum Gasteiger partial charge on any atom is -0.493 e. The van der Waals surface area contributed by atoms with Crippen molar-refractivity contribution in [2.45, 2.75) is 25.7 Å². The molecule has 1 amide bonds. The summed E-state index contributed by atoms with van der Waals surface area (Å²) < 4.78 is 10.8. The van der Waals surface area contributed by atoms with Crippen molar-refractivity contribution in [1.82, 2.24) is 9.80 Å². The Hall–Kier alpha value is -2.05. The van der Waals surface area contributed by atoms with Crippen molar-refractivity contribution >= 4 is 17.2 Å². The first kappa shape index (κ1) is 20.7. The topological polar surface area (TPSA) is 42.0 Å².